The molecule has 1 atom stereocenters. The van der Waals surface area contributed by atoms with Gasteiger partial charge in [-0.2, -0.15) is 0 Å². The highest BCUT2D eigenvalue weighted by molar-refractivity contribution is 7.92. The van der Waals surface area contributed by atoms with Crippen molar-refractivity contribution < 1.29 is 8.42 Å². The molecule has 0 saturated heterocycles. The summed E-state index contributed by atoms with van der Waals surface area (Å²) in [6.07, 6.45) is 1.57. The van der Waals surface area contributed by atoms with E-state index in [0.29, 0.717) is 13.0 Å². The molecule has 0 rings (SSSR count). The number of hydrogen-bond donors (Lipinski definition) is 1. The minimum Gasteiger partial charge on any atom is -0.330 e. The average molecular weight is 235 g/mol. The normalized spacial score (nSPS) is 17.5. The van der Waals surface area contributed by atoms with Gasteiger partial charge in [0.1, 0.15) is 0 Å². The number of rotatable bonds is 5. The predicted molar refractivity (Wildman–Crippen MR) is 65.6 cm³/mol. The van der Waals surface area contributed by atoms with Crippen molar-refractivity contribution >= 4 is 9.84 Å². The van der Waals surface area contributed by atoms with Gasteiger partial charge in [-0.1, -0.05) is 13.8 Å². The van der Waals surface area contributed by atoms with Crippen molar-refractivity contribution in [3.05, 3.63) is 0 Å². The SMILES string of the molecule is CCC(C)(CN)CCS(=O)(=O)C(C)(C)C. The molecule has 0 aliphatic carbocycles. The van der Waals surface area contributed by atoms with E-state index in [2.05, 4.69) is 6.92 Å². The van der Waals surface area contributed by atoms with Crippen molar-refractivity contribution in [2.24, 2.45) is 11.1 Å². The number of nitrogens with two attached hydrogens (primary N) is 1. The van der Waals surface area contributed by atoms with Gasteiger partial charge in [-0.3, -0.25) is 0 Å². The Balaban J connectivity index is 4.53. The minimum absolute atomic E-state index is 0.0433. The molecule has 3 nitrogen and oxygen atoms in total. The van der Waals surface area contributed by atoms with Crippen LogP contribution in [0.3, 0.4) is 0 Å². The van der Waals surface area contributed by atoms with Crippen LogP contribution in [0.15, 0.2) is 0 Å². The molecule has 0 fully saturated rings. The molecule has 0 amide bonds. The summed E-state index contributed by atoms with van der Waals surface area (Å²) in [7, 11) is -3.01. The third-order valence-electron chi connectivity index (χ3n) is 3.25. The smallest absolute Gasteiger partial charge is 0.155 e. The summed E-state index contributed by atoms with van der Waals surface area (Å²) < 4.78 is 23.1. The summed E-state index contributed by atoms with van der Waals surface area (Å²) in [6, 6.07) is 0. The van der Waals surface area contributed by atoms with Crippen LogP contribution in [-0.2, 0) is 9.84 Å². The first kappa shape index (κ1) is 14.9. The Morgan fingerprint density at radius 1 is 1.13 bits per heavy atom. The lowest BCUT2D eigenvalue weighted by molar-refractivity contribution is 0.310. The summed E-state index contributed by atoms with van der Waals surface area (Å²) in [5.74, 6) is 0.234. The second kappa shape index (κ2) is 4.83. The summed E-state index contributed by atoms with van der Waals surface area (Å²) in [5, 5.41) is 0. The number of hydrogen-bond acceptors (Lipinski definition) is 3. The maximum Gasteiger partial charge on any atom is 0.155 e. The first-order valence-corrected chi connectivity index (χ1v) is 7.15. The van der Waals surface area contributed by atoms with Crippen LogP contribution in [-0.4, -0.2) is 25.5 Å². The molecule has 0 aliphatic heterocycles. The van der Waals surface area contributed by atoms with Gasteiger partial charge in [-0.15, -0.1) is 0 Å². The van der Waals surface area contributed by atoms with Crippen LogP contribution >= 0.6 is 0 Å². The van der Waals surface area contributed by atoms with Crippen LogP contribution < -0.4 is 5.73 Å². The molecule has 4 heteroatoms. The zero-order valence-electron chi connectivity index (χ0n) is 10.6. The third-order valence-corrected chi connectivity index (χ3v) is 5.86. The summed E-state index contributed by atoms with van der Waals surface area (Å²) >= 11 is 0. The van der Waals surface area contributed by atoms with Crippen LogP contribution in [0.25, 0.3) is 0 Å². The first-order valence-electron chi connectivity index (χ1n) is 5.50. The van der Waals surface area contributed by atoms with Crippen LogP contribution in [0.4, 0.5) is 0 Å². The van der Waals surface area contributed by atoms with Crippen LogP contribution in [0.2, 0.25) is 0 Å². The van der Waals surface area contributed by atoms with Crippen molar-refractivity contribution in [1.82, 2.24) is 0 Å². The molecule has 92 valence electrons. The molecule has 0 bridgehead atoms. The Bertz CT molecular complexity index is 284. The fourth-order valence-electron chi connectivity index (χ4n) is 1.11. The molecule has 2 N–H and O–H groups in total. The van der Waals surface area contributed by atoms with Crippen molar-refractivity contribution in [3.63, 3.8) is 0 Å². The van der Waals surface area contributed by atoms with Gasteiger partial charge in [0.15, 0.2) is 9.84 Å². The topological polar surface area (TPSA) is 60.2 Å². The Hall–Kier alpha value is -0.0900. The molecule has 0 spiro atoms. The molecular weight excluding hydrogens is 210 g/mol. The van der Waals surface area contributed by atoms with Crippen molar-refractivity contribution in [1.29, 1.82) is 0 Å². The van der Waals surface area contributed by atoms with Gasteiger partial charge >= 0.3 is 0 Å². The highest BCUT2D eigenvalue weighted by atomic mass is 32.2. The van der Waals surface area contributed by atoms with Gasteiger partial charge in [0.05, 0.1) is 10.5 Å². The van der Waals surface area contributed by atoms with E-state index in [0.717, 1.165) is 6.42 Å². The second-order valence-corrected chi connectivity index (χ2v) is 8.41. The van der Waals surface area contributed by atoms with E-state index in [1.165, 1.54) is 0 Å². The van der Waals surface area contributed by atoms with E-state index in [4.69, 9.17) is 5.73 Å². The molecule has 0 heterocycles. The maximum absolute atomic E-state index is 11.9. The van der Waals surface area contributed by atoms with Crippen molar-refractivity contribution in [2.45, 2.75) is 52.2 Å². The fourth-order valence-corrected chi connectivity index (χ4v) is 2.48. The van der Waals surface area contributed by atoms with E-state index in [1.54, 1.807) is 20.8 Å². The molecule has 0 saturated carbocycles. The summed E-state index contributed by atoms with van der Waals surface area (Å²) in [4.78, 5) is 0. The Morgan fingerprint density at radius 3 is 1.87 bits per heavy atom. The highest BCUT2D eigenvalue weighted by Gasteiger charge is 2.31. The standard InChI is InChI=1S/C11H25NO2S/c1-6-11(5,9-12)7-8-15(13,14)10(2,3)4/h6-9,12H2,1-5H3. The molecule has 0 radical (unpaired) electrons. The van der Waals surface area contributed by atoms with E-state index in [-0.39, 0.29) is 11.2 Å². The molecule has 0 aromatic rings. The largest absolute Gasteiger partial charge is 0.330 e. The summed E-state index contributed by atoms with van der Waals surface area (Å²) in [5.41, 5.74) is 5.62. The predicted octanol–water partition coefficient (Wildman–Crippen LogP) is 1.96. The summed E-state index contributed by atoms with van der Waals surface area (Å²) in [6.45, 7) is 9.88. The second-order valence-electron chi connectivity index (χ2n) is 5.55. The average Bonchev–Trinajstić information content (AvgIpc) is 2.13. The van der Waals surface area contributed by atoms with Crippen molar-refractivity contribution in [2.75, 3.05) is 12.3 Å². The van der Waals surface area contributed by atoms with Gasteiger partial charge in [0, 0.05) is 0 Å². The molecular formula is C11H25NO2S. The molecule has 0 aromatic heterocycles. The number of sulfone groups is 1. The van der Waals surface area contributed by atoms with E-state index in [1.807, 2.05) is 6.92 Å². The van der Waals surface area contributed by atoms with Crippen molar-refractivity contribution in [3.8, 4) is 0 Å². The first-order chi connectivity index (χ1) is 6.58. The van der Waals surface area contributed by atoms with E-state index in [9.17, 15) is 8.42 Å². The van der Waals surface area contributed by atoms with Gasteiger partial charge < -0.3 is 5.73 Å². The zero-order chi connectivity index (χ0) is 12.3. The Labute approximate surface area is 94.4 Å². The highest BCUT2D eigenvalue weighted by Crippen LogP contribution is 2.27. The van der Waals surface area contributed by atoms with E-state index >= 15 is 0 Å². The fraction of sp³-hybridized carbons (Fsp3) is 1.00. The van der Waals surface area contributed by atoms with Crippen LogP contribution in [0, 0.1) is 5.41 Å². The van der Waals surface area contributed by atoms with Crippen LogP contribution in [0.1, 0.15) is 47.5 Å². The van der Waals surface area contributed by atoms with Gasteiger partial charge in [0.25, 0.3) is 0 Å². The molecule has 15 heavy (non-hydrogen) atoms. The van der Waals surface area contributed by atoms with E-state index < -0.39 is 14.6 Å². The Morgan fingerprint density at radius 2 is 1.60 bits per heavy atom. The Kier molecular flexibility index (Phi) is 4.80. The third kappa shape index (κ3) is 4.11. The zero-order valence-corrected chi connectivity index (χ0v) is 11.4. The maximum atomic E-state index is 11.9. The monoisotopic (exact) mass is 235 g/mol. The van der Waals surface area contributed by atoms with Gasteiger partial charge in [-0.25, -0.2) is 8.42 Å². The lowest BCUT2D eigenvalue weighted by atomic mass is 9.85. The quantitative estimate of drug-likeness (QED) is 0.792. The lowest BCUT2D eigenvalue weighted by Crippen LogP contribution is -2.35. The lowest BCUT2D eigenvalue weighted by Gasteiger charge is -2.28. The minimum atomic E-state index is -3.01. The molecule has 1 unspecified atom stereocenters. The van der Waals surface area contributed by atoms with Gasteiger partial charge in [0.2, 0.25) is 0 Å². The van der Waals surface area contributed by atoms with Crippen LogP contribution in [0.5, 0.6) is 0 Å². The molecule has 0 aliphatic rings. The molecule has 0 aromatic carbocycles. The van der Waals surface area contributed by atoms with Gasteiger partial charge in [-0.05, 0) is 45.6 Å².